The van der Waals surface area contributed by atoms with Gasteiger partial charge >= 0.3 is 0 Å². The summed E-state index contributed by atoms with van der Waals surface area (Å²) in [5.74, 6) is 5.69. The van der Waals surface area contributed by atoms with Crippen molar-refractivity contribution in [2.24, 2.45) is 5.84 Å². The highest BCUT2D eigenvalue weighted by Gasteiger charge is 2.12. The van der Waals surface area contributed by atoms with Crippen molar-refractivity contribution in [2.45, 2.75) is 6.92 Å². The second kappa shape index (κ2) is 5.12. The predicted molar refractivity (Wildman–Crippen MR) is 84.7 cm³/mol. The fourth-order valence-corrected chi connectivity index (χ4v) is 2.57. The molecule has 0 bridgehead atoms. The molecule has 0 amide bonds. The largest absolute Gasteiger partial charge is 0.323 e. The second-order valence-electron chi connectivity index (χ2n) is 4.63. The van der Waals surface area contributed by atoms with E-state index in [4.69, 9.17) is 22.4 Å². The molecule has 2 aromatic carbocycles. The summed E-state index contributed by atoms with van der Waals surface area (Å²) < 4.78 is 0. The maximum absolute atomic E-state index is 6.06. The molecule has 3 aromatic rings. The highest BCUT2D eigenvalue weighted by molar-refractivity contribution is 6.31. The van der Waals surface area contributed by atoms with Gasteiger partial charge < -0.3 is 5.43 Å². The number of hydrogen-bond acceptors (Lipinski definition) is 3. The van der Waals surface area contributed by atoms with Gasteiger partial charge in [0.1, 0.15) is 0 Å². The first-order valence-corrected chi connectivity index (χ1v) is 6.70. The summed E-state index contributed by atoms with van der Waals surface area (Å²) in [4.78, 5) is 4.74. The van der Waals surface area contributed by atoms with Crippen LogP contribution in [0, 0.1) is 6.92 Å². The molecule has 1 aromatic heterocycles. The summed E-state index contributed by atoms with van der Waals surface area (Å²) in [6.45, 7) is 2.00. The minimum absolute atomic E-state index is 0.669. The molecule has 0 radical (unpaired) electrons. The van der Waals surface area contributed by atoms with E-state index in [1.54, 1.807) is 0 Å². The van der Waals surface area contributed by atoms with Crippen molar-refractivity contribution in [2.75, 3.05) is 5.43 Å². The van der Waals surface area contributed by atoms with Gasteiger partial charge in [-0.15, -0.1) is 0 Å². The minimum Gasteiger partial charge on any atom is -0.323 e. The lowest BCUT2D eigenvalue weighted by Crippen LogP contribution is -2.10. The highest BCUT2D eigenvalue weighted by Crippen LogP contribution is 2.33. The van der Waals surface area contributed by atoms with Crippen LogP contribution in [0.4, 0.5) is 5.69 Å². The molecule has 0 spiro atoms. The number of benzene rings is 2. The molecule has 3 N–H and O–H groups in total. The number of anilines is 1. The SMILES string of the molecule is Cc1c(-c2ccccc2)nc2ccc(Cl)cc2c1NN. The third-order valence-electron chi connectivity index (χ3n) is 3.38. The van der Waals surface area contributed by atoms with Crippen LogP contribution in [-0.2, 0) is 0 Å². The Morgan fingerprint density at radius 3 is 2.55 bits per heavy atom. The molecule has 0 aliphatic rings. The van der Waals surface area contributed by atoms with Crippen molar-refractivity contribution < 1.29 is 0 Å². The molecule has 0 atom stereocenters. The zero-order chi connectivity index (χ0) is 14.1. The van der Waals surface area contributed by atoms with Gasteiger partial charge in [-0.2, -0.15) is 0 Å². The molecule has 0 saturated carbocycles. The number of nitrogens with two attached hydrogens (primary N) is 1. The van der Waals surface area contributed by atoms with E-state index in [2.05, 4.69) is 5.43 Å². The Hall–Kier alpha value is -2.10. The maximum Gasteiger partial charge on any atom is 0.0759 e. The number of nitrogens with zero attached hydrogens (tertiary/aromatic N) is 1. The van der Waals surface area contributed by atoms with E-state index in [0.717, 1.165) is 33.4 Å². The van der Waals surface area contributed by atoms with Crippen LogP contribution in [0.5, 0.6) is 0 Å². The maximum atomic E-state index is 6.06. The van der Waals surface area contributed by atoms with Crippen molar-refractivity contribution in [1.82, 2.24) is 4.98 Å². The molecule has 4 heteroatoms. The number of pyridine rings is 1. The molecular weight excluding hydrogens is 270 g/mol. The normalized spacial score (nSPS) is 10.8. The molecule has 3 nitrogen and oxygen atoms in total. The molecule has 0 saturated heterocycles. The number of hydrogen-bond donors (Lipinski definition) is 2. The average Bonchev–Trinajstić information content (AvgIpc) is 2.48. The van der Waals surface area contributed by atoms with Crippen molar-refractivity contribution in [3.05, 3.63) is 59.1 Å². The van der Waals surface area contributed by atoms with Gasteiger partial charge in [-0.3, -0.25) is 5.84 Å². The lowest BCUT2D eigenvalue weighted by Gasteiger charge is -2.14. The Balaban J connectivity index is 2.35. The first-order chi connectivity index (χ1) is 9.70. The van der Waals surface area contributed by atoms with Crippen LogP contribution in [-0.4, -0.2) is 4.98 Å². The van der Waals surface area contributed by atoms with Gasteiger partial charge in [-0.25, -0.2) is 4.98 Å². The standard InChI is InChI=1S/C16H14ClN3/c1-10-15(11-5-3-2-4-6-11)19-14-8-7-12(17)9-13(14)16(10)20-18/h2-9H,18H2,1H3,(H,19,20). The fourth-order valence-electron chi connectivity index (χ4n) is 2.39. The predicted octanol–water partition coefficient (Wildman–Crippen LogP) is 4.15. The molecule has 0 aliphatic heterocycles. The minimum atomic E-state index is 0.669. The third-order valence-corrected chi connectivity index (χ3v) is 3.62. The van der Waals surface area contributed by atoms with Crippen LogP contribution < -0.4 is 11.3 Å². The fraction of sp³-hybridized carbons (Fsp3) is 0.0625. The van der Waals surface area contributed by atoms with Crippen molar-refractivity contribution in [3.8, 4) is 11.3 Å². The molecule has 1 heterocycles. The molecular formula is C16H14ClN3. The first-order valence-electron chi connectivity index (χ1n) is 6.32. The van der Waals surface area contributed by atoms with E-state index in [-0.39, 0.29) is 0 Å². The Kier molecular flexibility index (Phi) is 3.30. The number of hydrazine groups is 1. The molecule has 3 rings (SSSR count). The number of nitrogen functional groups attached to an aromatic ring is 1. The Morgan fingerprint density at radius 1 is 1.10 bits per heavy atom. The van der Waals surface area contributed by atoms with Crippen molar-refractivity contribution >= 4 is 28.2 Å². The number of nitrogens with one attached hydrogen (secondary N) is 1. The summed E-state index contributed by atoms with van der Waals surface area (Å²) in [6, 6.07) is 15.7. The van der Waals surface area contributed by atoms with Crippen molar-refractivity contribution in [1.29, 1.82) is 0 Å². The van der Waals surface area contributed by atoms with Gasteiger partial charge in [-0.05, 0) is 25.1 Å². The van der Waals surface area contributed by atoms with Crippen LogP contribution in [0.2, 0.25) is 5.02 Å². The second-order valence-corrected chi connectivity index (χ2v) is 5.07. The molecule has 20 heavy (non-hydrogen) atoms. The van der Waals surface area contributed by atoms with E-state index in [1.807, 2.05) is 55.5 Å². The molecule has 0 unspecified atom stereocenters. The van der Waals surface area contributed by atoms with E-state index in [1.165, 1.54) is 0 Å². The molecule has 0 aliphatic carbocycles. The van der Waals surface area contributed by atoms with Gasteiger partial charge in [0, 0.05) is 21.5 Å². The lowest BCUT2D eigenvalue weighted by atomic mass is 10.0. The van der Waals surface area contributed by atoms with Gasteiger partial charge in [0.25, 0.3) is 0 Å². The zero-order valence-electron chi connectivity index (χ0n) is 11.0. The lowest BCUT2D eigenvalue weighted by molar-refractivity contribution is 1.28. The van der Waals surface area contributed by atoms with Crippen LogP contribution in [0.1, 0.15) is 5.56 Å². The number of aromatic nitrogens is 1. The zero-order valence-corrected chi connectivity index (χ0v) is 11.8. The van der Waals surface area contributed by atoms with Gasteiger partial charge in [0.2, 0.25) is 0 Å². The molecule has 0 fully saturated rings. The van der Waals surface area contributed by atoms with E-state index >= 15 is 0 Å². The Labute approximate surface area is 122 Å². The number of halogens is 1. The van der Waals surface area contributed by atoms with Crippen LogP contribution in [0.25, 0.3) is 22.2 Å². The van der Waals surface area contributed by atoms with E-state index in [0.29, 0.717) is 5.02 Å². The van der Waals surface area contributed by atoms with Crippen molar-refractivity contribution in [3.63, 3.8) is 0 Å². The summed E-state index contributed by atoms with van der Waals surface area (Å²) in [5, 5.41) is 1.60. The summed E-state index contributed by atoms with van der Waals surface area (Å²) in [6.07, 6.45) is 0. The highest BCUT2D eigenvalue weighted by atomic mass is 35.5. The van der Waals surface area contributed by atoms with Gasteiger partial charge in [-0.1, -0.05) is 41.9 Å². The quantitative estimate of drug-likeness (QED) is 0.549. The monoisotopic (exact) mass is 283 g/mol. The van der Waals surface area contributed by atoms with Gasteiger partial charge in [0.05, 0.1) is 16.9 Å². The van der Waals surface area contributed by atoms with Crippen LogP contribution >= 0.6 is 11.6 Å². The first kappa shape index (κ1) is 12.9. The van der Waals surface area contributed by atoms with E-state index in [9.17, 15) is 0 Å². The summed E-state index contributed by atoms with van der Waals surface area (Å²) in [5.41, 5.74) is 7.50. The summed E-state index contributed by atoms with van der Waals surface area (Å²) in [7, 11) is 0. The summed E-state index contributed by atoms with van der Waals surface area (Å²) >= 11 is 6.06. The average molecular weight is 284 g/mol. The van der Waals surface area contributed by atoms with Crippen LogP contribution in [0.15, 0.2) is 48.5 Å². The third kappa shape index (κ3) is 2.11. The number of rotatable bonds is 2. The Morgan fingerprint density at radius 2 is 1.85 bits per heavy atom. The van der Waals surface area contributed by atoms with E-state index < -0.39 is 0 Å². The smallest absolute Gasteiger partial charge is 0.0759 e. The molecule has 100 valence electrons. The van der Waals surface area contributed by atoms with Gasteiger partial charge in [0.15, 0.2) is 0 Å². The Bertz CT molecular complexity index is 770. The number of fused-ring (bicyclic) bond motifs is 1. The van der Waals surface area contributed by atoms with Crippen LogP contribution in [0.3, 0.4) is 0 Å². The topological polar surface area (TPSA) is 50.9 Å².